The molecular formula is C18H23N3O2S. The van der Waals surface area contributed by atoms with Crippen molar-refractivity contribution in [1.82, 2.24) is 14.7 Å². The standard InChI is InChI=1S/C18H23N3O2S/c22-16(20-12-7-3-1-4-8-12)13-11-19-18-21(17(13)23)14-9-5-2-6-10-15(14)24-18/h11-12H,1-10H2,(H,20,22). The lowest BCUT2D eigenvalue weighted by Crippen LogP contribution is -2.39. The summed E-state index contributed by atoms with van der Waals surface area (Å²) in [6.45, 7) is 0. The maximum absolute atomic E-state index is 12.9. The molecule has 0 unspecified atom stereocenters. The van der Waals surface area contributed by atoms with Gasteiger partial charge in [0.15, 0.2) is 4.96 Å². The van der Waals surface area contributed by atoms with E-state index >= 15 is 0 Å². The van der Waals surface area contributed by atoms with Crippen molar-refractivity contribution in [2.24, 2.45) is 0 Å². The van der Waals surface area contributed by atoms with Crippen molar-refractivity contribution in [3.63, 3.8) is 0 Å². The number of fused-ring (bicyclic) bond motifs is 3. The minimum absolute atomic E-state index is 0.183. The molecule has 0 saturated heterocycles. The Bertz CT molecular complexity index is 818. The first-order chi connectivity index (χ1) is 11.7. The van der Waals surface area contributed by atoms with Crippen LogP contribution in [0.5, 0.6) is 0 Å². The summed E-state index contributed by atoms with van der Waals surface area (Å²) in [6, 6.07) is 0.200. The van der Waals surface area contributed by atoms with Gasteiger partial charge in [-0.3, -0.25) is 14.0 Å². The molecule has 1 N–H and O–H groups in total. The van der Waals surface area contributed by atoms with Gasteiger partial charge in [-0.1, -0.05) is 25.7 Å². The van der Waals surface area contributed by atoms with Crippen LogP contribution in [0.15, 0.2) is 11.0 Å². The van der Waals surface area contributed by atoms with Crippen LogP contribution in [0.25, 0.3) is 4.96 Å². The fraction of sp³-hybridized carbons (Fsp3) is 0.611. The minimum Gasteiger partial charge on any atom is -0.349 e. The normalized spacial score (nSPS) is 19.0. The van der Waals surface area contributed by atoms with Gasteiger partial charge in [-0.05, 0) is 38.5 Å². The number of hydrogen-bond acceptors (Lipinski definition) is 4. The summed E-state index contributed by atoms with van der Waals surface area (Å²) in [5.74, 6) is -0.262. The summed E-state index contributed by atoms with van der Waals surface area (Å²) in [5, 5.41) is 3.04. The third kappa shape index (κ3) is 2.88. The second-order valence-electron chi connectivity index (χ2n) is 6.94. The molecule has 6 heteroatoms. The van der Waals surface area contributed by atoms with E-state index in [-0.39, 0.29) is 23.1 Å². The molecule has 2 aliphatic rings. The largest absolute Gasteiger partial charge is 0.349 e. The van der Waals surface area contributed by atoms with Gasteiger partial charge in [-0.25, -0.2) is 4.98 Å². The summed E-state index contributed by atoms with van der Waals surface area (Å²) in [7, 11) is 0. The van der Waals surface area contributed by atoms with Crippen LogP contribution in [-0.4, -0.2) is 21.3 Å². The summed E-state index contributed by atoms with van der Waals surface area (Å²) in [6.07, 6.45) is 12.4. The van der Waals surface area contributed by atoms with Crippen molar-refractivity contribution in [2.75, 3.05) is 0 Å². The van der Waals surface area contributed by atoms with E-state index in [0.717, 1.165) is 55.6 Å². The summed E-state index contributed by atoms with van der Waals surface area (Å²) in [4.78, 5) is 31.9. The van der Waals surface area contributed by atoms with Crippen molar-refractivity contribution in [2.45, 2.75) is 70.3 Å². The Labute approximate surface area is 145 Å². The summed E-state index contributed by atoms with van der Waals surface area (Å²) < 4.78 is 1.70. The molecule has 0 aromatic carbocycles. The Morgan fingerprint density at radius 2 is 1.88 bits per heavy atom. The third-order valence-electron chi connectivity index (χ3n) is 5.24. The molecule has 2 aromatic heterocycles. The molecule has 0 atom stereocenters. The van der Waals surface area contributed by atoms with Crippen molar-refractivity contribution in [1.29, 1.82) is 0 Å². The Kier molecular flexibility index (Phi) is 4.39. The van der Waals surface area contributed by atoms with Crippen LogP contribution in [0.2, 0.25) is 0 Å². The van der Waals surface area contributed by atoms with Crippen molar-refractivity contribution in [3.05, 3.63) is 32.7 Å². The van der Waals surface area contributed by atoms with Gasteiger partial charge in [0, 0.05) is 22.8 Å². The van der Waals surface area contributed by atoms with Gasteiger partial charge < -0.3 is 5.32 Å². The monoisotopic (exact) mass is 345 g/mol. The maximum atomic E-state index is 12.9. The number of hydrogen-bond donors (Lipinski definition) is 1. The van der Waals surface area contributed by atoms with Crippen LogP contribution in [0, 0.1) is 0 Å². The predicted molar refractivity (Wildman–Crippen MR) is 94.9 cm³/mol. The zero-order chi connectivity index (χ0) is 16.5. The molecule has 0 spiro atoms. The Morgan fingerprint density at radius 1 is 1.12 bits per heavy atom. The number of aromatic nitrogens is 2. The lowest BCUT2D eigenvalue weighted by Gasteiger charge is -2.22. The molecule has 0 aliphatic heterocycles. The number of amides is 1. The summed E-state index contributed by atoms with van der Waals surface area (Å²) >= 11 is 1.60. The van der Waals surface area contributed by atoms with Gasteiger partial charge in [-0.2, -0.15) is 0 Å². The van der Waals surface area contributed by atoms with E-state index in [1.165, 1.54) is 30.3 Å². The fourth-order valence-electron chi connectivity index (χ4n) is 3.91. The number of aryl methyl sites for hydroxylation is 2. The van der Waals surface area contributed by atoms with Gasteiger partial charge >= 0.3 is 0 Å². The zero-order valence-electron chi connectivity index (χ0n) is 13.8. The molecule has 128 valence electrons. The molecule has 4 rings (SSSR count). The molecule has 5 nitrogen and oxygen atoms in total. The molecule has 1 amide bonds. The summed E-state index contributed by atoms with van der Waals surface area (Å²) in [5.41, 5.74) is 1.06. The van der Waals surface area contributed by atoms with Gasteiger partial charge in [0.25, 0.3) is 11.5 Å². The smallest absolute Gasteiger partial charge is 0.271 e. The lowest BCUT2D eigenvalue weighted by atomic mass is 9.95. The topological polar surface area (TPSA) is 63.5 Å². The zero-order valence-corrected chi connectivity index (χ0v) is 14.7. The Hall–Kier alpha value is -1.69. The number of rotatable bonds is 2. The van der Waals surface area contributed by atoms with E-state index in [2.05, 4.69) is 10.3 Å². The number of nitrogens with one attached hydrogen (secondary N) is 1. The molecule has 0 bridgehead atoms. The Morgan fingerprint density at radius 3 is 2.71 bits per heavy atom. The number of nitrogens with zero attached hydrogens (tertiary/aromatic N) is 2. The third-order valence-corrected chi connectivity index (χ3v) is 6.39. The average Bonchev–Trinajstić information content (AvgIpc) is 2.79. The molecule has 1 saturated carbocycles. The van der Waals surface area contributed by atoms with Crippen LogP contribution >= 0.6 is 11.3 Å². The maximum Gasteiger partial charge on any atom is 0.271 e. The molecule has 2 aliphatic carbocycles. The van der Waals surface area contributed by atoms with E-state index in [4.69, 9.17) is 0 Å². The lowest BCUT2D eigenvalue weighted by molar-refractivity contribution is 0.0925. The second kappa shape index (κ2) is 6.67. The van der Waals surface area contributed by atoms with Gasteiger partial charge in [-0.15, -0.1) is 11.3 Å². The van der Waals surface area contributed by atoms with Crippen molar-refractivity contribution >= 4 is 22.2 Å². The highest BCUT2D eigenvalue weighted by Gasteiger charge is 2.22. The fourth-order valence-corrected chi connectivity index (χ4v) is 5.08. The molecule has 2 aromatic rings. The molecular weight excluding hydrogens is 322 g/mol. The SMILES string of the molecule is O=C(NC1CCCCC1)c1cnc2sc3c(n2c1=O)CCCCC3. The van der Waals surface area contributed by atoms with E-state index in [0.29, 0.717) is 0 Å². The van der Waals surface area contributed by atoms with E-state index in [1.54, 1.807) is 15.7 Å². The first-order valence-electron chi connectivity index (χ1n) is 9.07. The average molecular weight is 345 g/mol. The van der Waals surface area contributed by atoms with Crippen LogP contribution in [0.1, 0.15) is 72.3 Å². The number of carbonyl (C=O) groups excluding carboxylic acids is 1. The predicted octanol–water partition coefficient (Wildman–Crippen LogP) is 3.09. The van der Waals surface area contributed by atoms with E-state index in [9.17, 15) is 9.59 Å². The van der Waals surface area contributed by atoms with Gasteiger partial charge in [0.05, 0.1) is 0 Å². The van der Waals surface area contributed by atoms with Crippen molar-refractivity contribution in [3.8, 4) is 0 Å². The van der Waals surface area contributed by atoms with E-state index in [1.807, 2.05) is 0 Å². The molecule has 24 heavy (non-hydrogen) atoms. The first kappa shape index (κ1) is 15.8. The van der Waals surface area contributed by atoms with Crippen LogP contribution in [0.4, 0.5) is 0 Å². The highest BCUT2D eigenvalue weighted by atomic mass is 32.1. The van der Waals surface area contributed by atoms with Crippen LogP contribution in [-0.2, 0) is 12.8 Å². The van der Waals surface area contributed by atoms with E-state index < -0.39 is 0 Å². The Balaban J connectivity index is 1.68. The van der Waals surface area contributed by atoms with Gasteiger partial charge in [0.2, 0.25) is 0 Å². The van der Waals surface area contributed by atoms with Crippen molar-refractivity contribution < 1.29 is 4.79 Å². The quantitative estimate of drug-likeness (QED) is 0.851. The number of thiazole rings is 1. The number of carbonyl (C=O) groups is 1. The van der Waals surface area contributed by atoms with Crippen LogP contribution < -0.4 is 10.9 Å². The first-order valence-corrected chi connectivity index (χ1v) is 9.89. The highest BCUT2D eigenvalue weighted by Crippen LogP contribution is 2.27. The van der Waals surface area contributed by atoms with Gasteiger partial charge in [0.1, 0.15) is 5.56 Å². The van der Waals surface area contributed by atoms with Crippen LogP contribution in [0.3, 0.4) is 0 Å². The second-order valence-corrected chi connectivity index (χ2v) is 8.00. The molecule has 1 fully saturated rings. The minimum atomic E-state index is -0.262. The highest BCUT2D eigenvalue weighted by molar-refractivity contribution is 7.17. The molecule has 2 heterocycles. The molecule has 0 radical (unpaired) electrons.